The third-order valence-electron chi connectivity index (χ3n) is 4.34. The monoisotopic (exact) mass is 358 g/mol. The molecule has 140 valence electrons. The number of hydrogen-bond acceptors (Lipinski definition) is 2. The lowest BCUT2D eigenvalue weighted by atomic mass is 9.96. The van der Waals surface area contributed by atoms with Crippen molar-refractivity contribution >= 4 is 11.8 Å². The molecule has 2 aliphatic heterocycles. The molecule has 2 amide bonds. The van der Waals surface area contributed by atoms with Crippen molar-refractivity contribution in [2.24, 2.45) is 5.92 Å². The van der Waals surface area contributed by atoms with Crippen molar-refractivity contribution in [3.8, 4) is 0 Å². The van der Waals surface area contributed by atoms with Gasteiger partial charge in [0.15, 0.2) is 0 Å². The summed E-state index contributed by atoms with van der Waals surface area (Å²) in [4.78, 5) is 24.4. The molecule has 0 atom stereocenters. The highest BCUT2D eigenvalue weighted by molar-refractivity contribution is 5.73. The Morgan fingerprint density at radius 2 is 1.25 bits per heavy atom. The van der Waals surface area contributed by atoms with Crippen LogP contribution >= 0.6 is 0 Å². The zero-order valence-electron chi connectivity index (χ0n) is 13.8. The van der Waals surface area contributed by atoms with Crippen molar-refractivity contribution in [2.45, 2.75) is 51.6 Å². The Morgan fingerprint density at radius 3 is 1.58 bits per heavy atom. The van der Waals surface area contributed by atoms with Gasteiger partial charge in [-0.05, 0) is 12.8 Å². The van der Waals surface area contributed by atoms with Crippen molar-refractivity contribution in [3.63, 3.8) is 0 Å². The lowest BCUT2D eigenvalue weighted by Gasteiger charge is -2.32. The first-order valence-corrected chi connectivity index (χ1v) is 7.88. The van der Waals surface area contributed by atoms with E-state index in [-0.39, 0.29) is 63.7 Å². The van der Waals surface area contributed by atoms with Gasteiger partial charge in [-0.25, -0.2) is 8.78 Å². The summed E-state index contributed by atoms with van der Waals surface area (Å²) in [6.45, 7) is 3.65. The molecular formula is C15H23F5N2O2. The van der Waals surface area contributed by atoms with E-state index in [0.29, 0.717) is 0 Å². The van der Waals surface area contributed by atoms with Gasteiger partial charge in [0.2, 0.25) is 11.8 Å². The molecule has 4 nitrogen and oxygen atoms in total. The predicted octanol–water partition coefficient (Wildman–Crippen LogP) is 3.07. The van der Waals surface area contributed by atoms with Crippen LogP contribution in [0.4, 0.5) is 22.0 Å². The smallest absolute Gasteiger partial charge is 0.343 e. The van der Waals surface area contributed by atoms with E-state index in [1.807, 2.05) is 0 Å². The van der Waals surface area contributed by atoms with Gasteiger partial charge in [0.25, 0.3) is 5.92 Å². The second-order valence-electron chi connectivity index (χ2n) is 6.18. The van der Waals surface area contributed by atoms with Gasteiger partial charge >= 0.3 is 6.18 Å². The molecule has 0 aliphatic carbocycles. The van der Waals surface area contributed by atoms with Crippen LogP contribution in [0.1, 0.15) is 39.5 Å². The van der Waals surface area contributed by atoms with Gasteiger partial charge in [-0.2, -0.15) is 13.2 Å². The fourth-order valence-corrected chi connectivity index (χ4v) is 2.67. The van der Waals surface area contributed by atoms with Crippen molar-refractivity contribution in [1.82, 2.24) is 9.80 Å². The second kappa shape index (κ2) is 8.11. The highest BCUT2D eigenvalue weighted by Crippen LogP contribution is 2.34. The van der Waals surface area contributed by atoms with Crippen molar-refractivity contribution in [3.05, 3.63) is 0 Å². The molecule has 0 radical (unpaired) electrons. The second-order valence-corrected chi connectivity index (χ2v) is 6.18. The molecule has 2 aliphatic rings. The van der Waals surface area contributed by atoms with Crippen LogP contribution in [-0.2, 0) is 9.59 Å². The van der Waals surface area contributed by atoms with Crippen LogP contribution in [-0.4, -0.2) is 59.9 Å². The Hall–Kier alpha value is -1.41. The van der Waals surface area contributed by atoms with Crippen LogP contribution in [0.25, 0.3) is 0 Å². The number of piperidine rings is 2. The lowest BCUT2D eigenvalue weighted by Crippen LogP contribution is -2.41. The maximum Gasteiger partial charge on any atom is 0.391 e. The van der Waals surface area contributed by atoms with Gasteiger partial charge in [0.05, 0.1) is 5.92 Å². The van der Waals surface area contributed by atoms with Crippen molar-refractivity contribution in [1.29, 1.82) is 0 Å². The highest BCUT2D eigenvalue weighted by Gasteiger charge is 2.41. The van der Waals surface area contributed by atoms with E-state index < -0.39 is 18.0 Å². The molecule has 2 saturated heterocycles. The van der Waals surface area contributed by atoms with Gasteiger partial charge in [0.1, 0.15) is 0 Å². The highest BCUT2D eigenvalue weighted by atomic mass is 19.4. The number of alkyl halides is 5. The molecular weight excluding hydrogens is 335 g/mol. The number of nitrogens with zero attached hydrogens (tertiary/aromatic N) is 2. The van der Waals surface area contributed by atoms with E-state index >= 15 is 0 Å². The zero-order valence-corrected chi connectivity index (χ0v) is 13.8. The fourth-order valence-electron chi connectivity index (χ4n) is 2.67. The molecule has 0 aromatic rings. The molecule has 24 heavy (non-hydrogen) atoms. The minimum absolute atomic E-state index is 0.0447. The van der Waals surface area contributed by atoms with Crippen LogP contribution in [0.2, 0.25) is 0 Å². The molecule has 2 fully saturated rings. The molecule has 2 heterocycles. The molecule has 0 aromatic carbocycles. The quantitative estimate of drug-likeness (QED) is 0.625. The number of rotatable bonds is 0. The summed E-state index contributed by atoms with van der Waals surface area (Å²) in [5.41, 5.74) is 0. The Bertz CT molecular complexity index is 436. The first-order chi connectivity index (χ1) is 10.9. The summed E-state index contributed by atoms with van der Waals surface area (Å²) in [5, 5.41) is 0. The van der Waals surface area contributed by atoms with Gasteiger partial charge < -0.3 is 9.80 Å². The standard InChI is InChI=1S/C8H12F3NO.C7H11F2NO/c1-6(13)12-4-2-7(3-5-12)8(9,10)11;1-6(11)10-4-2-7(8,9)3-5-10/h7H,2-5H2,1H3;2-5H2,1H3. The Balaban J connectivity index is 0.000000243. The summed E-state index contributed by atoms with van der Waals surface area (Å²) in [7, 11) is 0. The zero-order chi connectivity index (χ0) is 18.5. The summed E-state index contributed by atoms with van der Waals surface area (Å²) in [6, 6.07) is 0. The number of carbonyl (C=O) groups excluding carboxylic acids is 2. The lowest BCUT2D eigenvalue weighted by molar-refractivity contribution is -0.186. The Labute approximate surface area is 138 Å². The topological polar surface area (TPSA) is 40.6 Å². The van der Waals surface area contributed by atoms with Crippen LogP contribution < -0.4 is 0 Å². The maximum atomic E-state index is 12.5. The normalized spacial score (nSPS) is 21.8. The first kappa shape index (κ1) is 20.6. The van der Waals surface area contributed by atoms with Crippen LogP contribution in [0.3, 0.4) is 0 Å². The maximum absolute atomic E-state index is 12.5. The first-order valence-electron chi connectivity index (χ1n) is 7.88. The number of halogens is 5. The van der Waals surface area contributed by atoms with E-state index in [9.17, 15) is 31.5 Å². The SMILES string of the molecule is CC(=O)N1CCC(C(F)(F)F)CC1.CC(=O)N1CCC(F)(F)CC1. The number of amides is 2. The summed E-state index contributed by atoms with van der Waals surface area (Å²) in [6.07, 6.45) is -4.38. The number of hydrogen-bond donors (Lipinski definition) is 0. The average molecular weight is 358 g/mol. The van der Waals surface area contributed by atoms with Gasteiger partial charge in [-0.1, -0.05) is 0 Å². The third-order valence-corrected chi connectivity index (χ3v) is 4.34. The molecule has 2 rings (SSSR count). The fraction of sp³-hybridized carbons (Fsp3) is 0.867. The minimum atomic E-state index is -4.09. The molecule has 9 heteroatoms. The number of carbonyl (C=O) groups is 2. The van der Waals surface area contributed by atoms with Crippen LogP contribution in [0.5, 0.6) is 0 Å². The molecule has 0 spiro atoms. The van der Waals surface area contributed by atoms with Gasteiger partial charge in [-0.15, -0.1) is 0 Å². The van der Waals surface area contributed by atoms with Crippen LogP contribution in [0, 0.1) is 5.92 Å². The largest absolute Gasteiger partial charge is 0.391 e. The average Bonchev–Trinajstić information content (AvgIpc) is 2.46. The summed E-state index contributed by atoms with van der Waals surface area (Å²) in [5.74, 6) is -4.02. The van der Waals surface area contributed by atoms with Gasteiger partial charge in [0, 0.05) is 52.9 Å². The van der Waals surface area contributed by atoms with E-state index in [4.69, 9.17) is 0 Å². The van der Waals surface area contributed by atoms with Crippen LogP contribution in [0.15, 0.2) is 0 Å². The summed E-state index contributed by atoms with van der Waals surface area (Å²) < 4.78 is 61.5. The van der Waals surface area contributed by atoms with Gasteiger partial charge in [-0.3, -0.25) is 9.59 Å². The number of likely N-dealkylation sites (tertiary alicyclic amines) is 2. The van der Waals surface area contributed by atoms with E-state index in [0.717, 1.165) is 0 Å². The summed E-state index contributed by atoms with van der Waals surface area (Å²) >= 11 is 0. The molecule has 0 bridgehead atoms. The molecule has 0 aromatic heterocycles. The molecule has 0 saturated carbocycles. The predicted molar refractivity (Wildman–Crippen MR) is 77.5 cm³/mol. The van der Waals surface area contributed by atoms with E-state index in [2.05, 4.69) is 0 Å². The Morgan fingerprint density at radius 1 is 0.875 bits per heavy atom. The van der Waals surface area contributed by atoms with Crippen molar-refractivity contribution < 1.29 is 31.5 Å². The van der Waals surface area contributed by atoms with E-state index in [1.54, 1.807) is 0 Å². The van der Waals surface area contributed by atoms with E-state index in [1.165, 1.54) is 23.6 Å². The third kappa shape index (κ3) is 6.60. The molecule has 0 N–H and O–H groups in total. The van der Waals surface area contributed by atoms with Crippen molar-refractivity contribution in [2.75, 3.05) is 26.2 Å². The minimum Gasteiger partial charge on any atom is -0.343 e. The molecule has 0 unspecified atom stereocenters. The Kier molecular flexibility index (Phi) is 6.97.